The van der Waals surface area contributed by atoms with Crippen LogP contribution in [0.5, 0.6) is 0 Å². The van der Waals surface area contributed by atoms with Crippen LogP contribution >= 0.6 is 22.7 Å². The molecule has 6 heterocycles. The highest BCUT2D eigenvalue weighted by atomic mass is 32.1. The molecule has 26 heavy (non-hydrogen) atoms. The fraction of sp³-hybridized carbons (Fsp3) is 0. The molecular weight excluding hydrogens is 372 g/mol. The molecule has 12 heteroatoms. The molecule has 0 spiro atoms. The molecular formula is C14H5N10S2+. The molecule has 0 bridgehead atoms. The lowest BCUT2D eigenvalue weighted by Crippen LogP contribution is -2.38. The van der Waals surface area contributed by atoms with Crippen LogP contribution in [0.1, 0.15) is 0 Å². The molecule has 0 aromatic carbocycles. The number of nitrogens with zero attached hydrogens (tertiary/aromatic N) is 10. The van der Waals surface area contributed by atoms with Gasteiger partial charge in [-0.15, -0.1) is 21.1 Å². The van der Waals surface area contributed by atoms with E-state index in [-0.39, 0.29) is 0 Å². The molecule has 0 unspecified atom stereocenters. The summed E-state index contributed by atoms with van der Waals surface area (Å²) < 4.78 is 3.36. The van der Waals surface area contributed by atoms with Crippen LogP contribution in [-0.2, 0) is 0 Å². The van der Waals surface area contributed by atoms with E-state index < -0.39 is 0 Å². The topological polar surface area (TPSA) is 120 Å². The van der Waals surface area contributed by atoms with Crippen LogP contribution in [0.25, 0.3) is 47.1 Å². The first-order valence-corrected chi connectivity index (χ1v) is 9.04. The molecule has 0 radical (unpaired) electrons. The summed E-state index contributed by atoms with van der Waals surface area (Å²) in [5.74, 6) is 0.338. The lowest BCUT2D eigenvalue weighted by atomic mass is 10.4. The largest absolute Gasteiger partial charge is 0.431 e. The molecule has 0 aliphatic rings. The van der Waals surface area contributed by atoms with Gasteiger partial charge in [0.05, 0.1) is 10.9 Å². The highest BCUT2D eigenvalue weighted by molar-refractivity contribution is 7.25. The fourth-order valence-corrected chi connectivity index (χ4v) is 4.52. The predicted octanol–water partition coefficient (Wildman–Crippen LogP) is 1.25. The highest BCUT2D eigenvalue weighted by Gasteiger charge is 2.20. The lowest BCUT2D eigenvalue weighted by Gasteiger charge is -1.92. The average molecular weight is 377 g/mol. The zero-order valence-electron chi connectivity index (χ0n) is 12.7. The Morgan fingerprint density at radius 3 is 2.62 bits per heavy atom. The Labute approximate surface area is 151 Å². The van der Waals surface area contributed by atoms with Crippen LogP contribution in [-0.4, -0.2) is 45.7 Å². The van der Waals surface area contributed by atoms with Gasteiger partial charge >= 0.3 is 5.95 Å². The van der Waals surface area contributed by atoms with Gasteiger partial charge in [-0.25, -0.2) is 9.97 Å². The summed E-state index contributed by atoms with van der Waals surface area (Å²) in [5.41, 5.74) is 2.78. The maximum Gasteiger partial charge on any atom is 0.431 e. The summed E-state index contributed by atoms with van der Waals surface area (Å²) in [4.78, 5) is 14.7. The van der Waals surface area contributed by atoms with Gasteiger partial charge in [-0.2, -0.15) is 5.10 Å². The van der Waals surface area contributed by atoms with E-state index in [1.807, 2.05) is 12.3 Å². The van der Waals surface area contributed by atoms with Crippen molar-refractivity contribution in [3.8, 4) is 5.95 Å². The van der Waals surface area contributed by atoms with Gasteiger partial charge in [-0.1, -0.05) is 21.4 Å². The summed E-state index contributed by atoms with van der Waals surface area (Å²) in [6.45, 7) is 0. The van der Waals surface area contributed by atoms with Crippen molar-refractivity contribution >= 4 is 63.8 Å². The van der Waals surface area contributed by atoms with E-state index in [1.54, 1.807) is 18.6 Å². The lowest BCUT2D eigenvalue weighted by molar-refractivity contribution is -0.671. The second-order valence-corrected chi connectivity index (χ2v) is 7.36. The van der Waals surface area contributed by atoms with Gasteiger partial charge in [0.15, 0.2) is 11.0 Å². The van der Waals surface area contributed by atoms with Crippen LogP contribution in [0, 0.1) is 0 Å². The first-order valence-electron chi connectivity index (χ1n) is 7.41. The molecule has 0 aliphatic carbocycles. The Balaban J connectivity index is 1.57. The first-order chi connectivity index (χ1) is 12.9. The number of thiophene rings is 2. The van der Waals surface area contributed by atoms with Crippen molar-refractivity contribution in [2.45, 2.75) is 0 Å². The number of aromatic nitrogens is 10. The molecule has 122 valence electrons. The second-order valence-electron chi connectivity index (χ2n) is 5.30. The quantitative estimate of drug-likeness (QED) is 0.390. The summed E-state index contributed by atoms with van der Waals surface area (Å²) >= 11 is 2.97. The molecule has 6 aromatic rings. The predicted molar refractivity (Wildman–Crippen MR) is 93.9 cm³/mol. The Morgan fingerprint density at radius 2 is 1.62 bits per heavy atom. The van der Waals surface area contributed by atoms with Crippen molar-refractivity contribution in [2.75, 3.05) is 0 Å². The van der Waals surface area contributed by atoms with Gasteiger partial charge < -0.3 is 0 Å². The summed E-state index contributed by atoms with van der Waals surface area (Å²) in [7, 11) is 0. The molecule has 0 saturated heterocycles. The van der Waals surface area contributed by atoms with Crippen LogP contribution < -0.4 is 4.68 Å². The minimum absolute atomic E-state index is 0.338. The van der Waals surface area contributed by atoms with Crippen molar-refractivity contribution in [1.29, 1.82) is 0 Å². The Hall–Kier alpha value is -3.38. The average Bonchev–Trinajstić information content (AvgIpc) is 3.24. The molecule has 10 nitrogen and oxygen atoms in total. The highest BCUT2D eigenvalue weighted by Crippen LogP contribution is 2.29. The van der Waals surface area contributed by atoms with Crippen LogP contribution in [0.4, 0.5) is 0 Å². The molecule has 0 amide bonds. The van der Waals surface area contributed by atoms with E-state index in [0.717, 1.165) is 24.6 Å². The van der Waals surface area contributed by atoms with Gasteiger partial charge in [0.2, 0.25) is 4.83 Å². The van der Waals surface area contributed by atoms with Gasteiger partial charge in [0.1, 0.15) is 26.8 Å². The third-order valence-electron chi connectivity index (χ3n) is 3.77. The van der Waals surface area contributed by atoms with Crippen LogP contribution in [0.15, 0.2) is 30.9 Å². The number of hydrogen-bond acceptors (Lipinski definition) is 11. The van der Waals surface area contributed by atoms with Crippen LogP contribution in [0.2, 0.25) is 0 Å². The van der Waals surface area contributed by atoms with E-state index in [1.165, 1.54) is 27.4 Å². The van der Waals surface area contributed by atoms with E-state index in [0.29, 0.717) is 22.5 Å². The van der Waals surface area contributed by atoms with E-state index in [9.17, 15) is 0 Å². The molecule has 6 aromatic heterocycles. The van der Waals surface area contributed by atoms with E-state index >= 15 is 0 Å². The summed E-state index contributed by atoms with van der Waals surface area (Å²) in [6, 6.07) is 1.88. The van der Waals surface area contributed by atoms with Gasteiger partial charge in [-0.3, -0.25) is 0 Å². The number of fused-ring (bicyclic) bond motifs is 6. The SMILES string of the molecule is c1cc2sc3nc(-[n+]4cc5sc6nccnc6c5nn4)nnc3c2nn1. The van der Waals surface area contributed by atoms with Crippen molar-refractivity contribution in [1.82, 2.24) is 45.7 Å². The Bertz CT molecular complexity index is 1340. The smallest absolute Gasteiger partial charge is 0.249 e. The number of hydrogen-bond donors (Lipinski definition) is 0. The normalized spacial score (nSPS) is 11.8. The first kappa shape index (κ1) is 13.9. The summed E-state index contributed by atoms with van der Waals surface area (Å²) in [5, 5.41) is 24.9. The standard InChI is InChI=1S/C14H5N10S2/c1-2-17-19-8-6(1)25-13-11(8)20-22-14(18-13)24-5-7-9(21-23-24)10-12(26-7)16-4-3-15-10/h1-5H/q+1. The zero-order chi connectivity index (χ0) is 17.1. The van der Waals surface area contributed by atoms with E-state index in [4.69, 9.17) is 0 Å². The van der Waals surface area contributed by atoms with Gasteiger partial charge in [0.25, 0.3) is 0 Å². The Kier molecular flexibility index (Phi) is 2.70. The molecule has 0 N–H and O–H groups in total. The van der Waals surface area contributed by atoms with Gasteiger partial charge in [-0.05, 0) is 11.2 Å². The van der Waals surface area contributed by atoms with Crippen molar-refractivity contribution in [2.24, 2.45) is 0 Å². The molecule has 0 atom stereocenters. The molecule has 6 rings (SSSR count). The van der Waals surface area contributed by atoms with E-state index in [2.05, 4.69) is 45.7 Å². The van der Waals surface area contributed by atoms with Crippen molar-refractivity contribution in [3.63, 3.8) is 0 Å². The maximum atomic E-state index is 4.55. The Morgan fingerprint density at radius 1 is 0.731 bits per heavy atom. The maximum absolute atomic E-state index is 4.55. The minimum atomic E-state index is 0.338. The van der Waals surface area contributed by atoms with Crippen LogP contribution in [0.3, 0.4) is 0 Å². The molecule has 0 fully saturated rings. The second kappa shape index (κ2) is 5.06. The summed E-state index contributed by atoms with van der Waals surface area (Å²) in [6.07, 6.45) is 6.75. The van der Waals surface area contributed by atoms with Crippen molar-refractivity contribution in [3.05, 3.63) is 30.9 Å². The van der Waals surface area contributed by atoms with Gasteiger partial charge in [0, 0.05) is 22.7 Å². The monoisotopic (exact) mass is 377 g/mol. The fourth-order valence-electron chi connectivity index (χ4n) is 2.63. The third kappa shape index (κ3) is 1.90. The third-order valence-corrected chi connectivity index (χ3v) is 5.81. The number of rotatable bonds is 1. The zero-order valence-corrected chi connectivity index (χ0v) is 14.3. The molecule has 0 aliphatic heterocycles. The van der Waals surface area contributed by atoms with Crippen molar-refractivity contribution < 1.29 is 4.68 Å². The minimum Gasteiger partial charge on any atom is -0.249 e. The molecule has 0 saturated carbocycles.